The van der Waals surface area contributed by atoms with Crippen molar-refractivity contribution in [3.63, 3.8) is 0 Å². The number of pyridine rings is 1. The highest BCUT2D eigenvalue weighted by atomic mass is 16.5. The Labute approximate surface area is 384 Å². The van der Waals surface area contributed by atoms with Gasteiger partial charge in [0.05, 0.1) is 47.1 Å². The van der Waals surface area contributed by atoms with Crippen LogP contribution in [-0.4, -0.2) is 14.1 Å². The summed E-state index contributed by atoms with van der Waals surface area (Å²) >= 11 is 0. The van der Waals surface area contributed by atoms with Crippen LogP contribution >= 0.6 is 0 Å². The van der Waals surface area contributed by atoms with Crippen LogP contribution in [0.1, 0.15) is 77.8 Å². The van der Waals surface area contributed by atoms with E-state index in [2.05, 4.69) is 11.3 Å². The molecule has 0 spiro atoms. The van der Waals surface area contributed by atoms with Crippen molar-refractivity contribution in [2.45, 2.75) is 44.6 Å². The van der Waals surface area contributed by atoms with Crippen LogP contribution in [-0.2, 0) is 10.8 Å². The summed E-state index contributed by atoms with van der Waals surface area (Å²) < 4.78 is 221. The maximum absolute atomic E-state index is 9.36. The Morgan fingerprint density at radius 3 is 2.05 bits per heavy atom. The van der Waals surface area contributed by atoms with Gasteiger partial charge in [0.2, 0.25) is 0 Å². The monoisotopic (exact) mass is 801 g/mol. The van der Waals surface area contributed by atoms with Gasteiger partial charge in [-0.15, -0.1) is 0 Å². The zero-order chi connectivity index (χ0) is 61.1. The number of para-hydroxylation sites is 4. The van der Waals surface area contributed by atoms with Crippen molar-refractivity contribution in [1.82, 2.24) is 14.1 Å². The molecule has 0 atom stereocenters. The summed E-state index contributed by atoms with van der Waals surface area (Å²) in [6.07, 6.45) is 0.0767. The number of rotatable bonds is 7. The zero-order valence-corrected chi connectivity index (χ0v) is 31.2. The molecule has 60 heavy (non-hydrogen) atoms. The number of imidazole rings is 1. The maximum atomic E-state index is 9.36. The molecule has 1 aliphatic rings. The molecule has 0 N–H and O–H groups in total. The Morgan fingerprint density at radius 2 is 1.30 bits per heavy atom. The van der Waals surface area contributed by atoms with Crippen molar-refractivity contribution in [2.75, 3.05) is 0 Å². The second-order valence-electron chi connectivity index (χ2n) is 14.3. The largest absolute Gasteiger partial charge is 0.458 e. The van der Waals surface area contributed by atoms with E-state index in [1.807, 2.05) is 0 Å². The Bertz CT molecular complexity index is 4240. The molecule has 0 saturated carbocycles. The Hall–Kier alpha value is -7.24. The summed E-state index contributed by atoms with van der Waals surface area (Å²) in [7, 11) is 0. The van der Waals surface area contributed by atoms with Crippen molar-refractivity contribution >= 4 is 32.8 Å². The molecule has 0 unspecified atom stereocenters. The van der Waals surface area contributed by atoms with Crippen molar-refractivity contribution in [3.05, 3.63) is 199 Å². The molecule has 290 valence electrons. The summed E-state index contributed by atoms with van der Waals surface area (Å²) in [5.41, 5.74) is -7.37. The van der Waals surface area contributed by atoms with Gasteiger partial charge in [-0.25, -0.2) is 4.98 Å². The average Bonchev–Trinajstić information content (AvgIpc) is 1.47. The molecule has 3 heterocycles. The minimum absolute atomic E-state index is 0.0505. The Kier molecular flexibility index (Phi) is 4.28. The number of hydrogen-bond acceptors (Lipinski definition) is 2. The molecular formula is C55H44N4O. The minimum atomic E-state index is -4.01. The first-order valence-electron chi connectivity index (χ1n) is 30.7. The van der Waals surface area contributed by atoms with Crippen molar-refractivity contribution < 1.29 is 42.2 Å². The van der Waals surface area contributed by atoms with Gasteiger partial charge in [-0.3, -0.25) is 13.7 Å². The molecule has 1 aliphatic carbocycles. The maximum Gasteiger partial charge on any atom is 0.269 e. The molecular weight excluding hydrogens is 733 g/mol. The lowest BCUT2D eigenvalue weighted by Gasteiger charge is -2.22. The molecule has 5 nitrogen and oxygen atoms in total. The summed E-state index contributed by atoms with van der Waals surface area (Å²) in [5.74, 6) is 0.248. The van der Waals surface area contributed by atoms with Gasteiger partial charge in [-0.05, 0) is 93.0 Å². The quantitative estimate of drug-likeness (QED) is 0.119. The van der Waals surface area contributed by atoms with Gasteiger partial charge in [-0.2, -0.15) is 0 Å². The van der Waals surface area contributed by atoms with Crippen LogP contribution in [0.5, 0.6) is 11.5 Å². The highest BCUT2D eigenvalue weighted by Gasteiger charge is 2.42. The third-order valence-electron chi connectivity index (χ3n) is 10.6. The molecule has 11 rings (SSSR count). The molecule has 0 bridgehead atoms. The molecule has 0 radical (unpaired) electrons. The second-order valence-corrected chi connectivity index (χ2v) is 14.3. The number of nitrogens with zero attached hydrogens (tertiary/aromatic N) is 4. The third kappa shape index (κ3) is 5.84. The van der Waals surface area contributed by atoms with Crippen LogP contribution in [0.15, 0.2) is 182 Å². The Balaban J connectivity index is 1.08. The van der Waals surface area contributed by atoms with Crippen LogP contribution in [0.4, 0.5) is 0 Å². The summed E-state index contributed by atoms with van der Waals surface area (Å²) in [6.45, 7) is -15.4. The minimum Gasteiger partial charge on any atom is -0.458 e. The van der Waals surface area contributed by atoms with Crippen molar-refractivity contribution in [1.29, 1.82) is 0 Å². The van der Waals surface area contributed by atoms with Gasteiger partial charge in [0.15, 0.2) is 0 Å². The lowest BCUT2D eigenvalue weighted by molar-refractivity contribution is -0.571. The predicted molar refractivity (Wildman–Crippen MR) is 244 cm³/mol. The fraction of sp³-hybridized carbons (Fsp3) is 0.127. The number of benzene rings is 7. The molecule has 3 aromatic heterocycles. The van der Waals surface area contributed by atoms with E-state index in [1.165, 1.54) is 27.3 Å². The van der Waals surface area contributed by atoms with E-state index in [9.17, 15) is 2.74 Å². The Morgan fingerprint density at radius 1 is 0.650 bits per heavy atom. The van der Waals surface area contributed by atoms with Gasteiger partial charge in [0.1, 0.15) is 17.3 Å². The first-order valence-corrected chi connectivity index (χ1v) is 18.7. The number of ether oxygens (including phenoxy) is 1. The van der Waals surface area contributed by atoms with Gasteiger partial charge in [0.25, 0.3) is 6.33 Å². The van der Waals surface area contributed by atoms with Gasteiger partial charge >= 0.3 is 0 Å². The molecule has 10 aromatic rings. The van der Waals surface area contributed by atoms with Crippen LogP contribution in [0.3, 0.4) is 0 Å². The summed E-state index contributed by atoms with van der Waals surface area (Å²) in [4.78, 5) is 4.50. The van der Waals surface area contributed by atoms with E-state index < -0.39 is 116 Å². The van der Waals surface area contributed by atoms with Crippen molar-refractivity contribution in [2.24, 2.45) is 0 Å². The number of hydrogen-bond donors (Lipinski definition) is 0. The highest BCUT2D eigenvalue weighted by Crippen LogP contribution is 2.49. The van der Waals surface area contributed by atoms with E-state index in [0.717, 1.165) is 12.3 Å². The predicted octanol–water partition coefficient (Wildman–Crippen LogP) is 13.3. The lowest BCUT2D eigenvalue weighted by Crippen LogP contribution is -2.31. The smallest absolute Gasteiger partial charge is 0.269 e. The molecule has 0 amide bonds. The lowest BCUT2D eigenvalue weighted by atomic mass is 9.82. The number of fused-ring (bicyclic) bond motifs is 5. The third-order valence-corrected chi connectivity index (χ3v) is 10.6. The second kappa shape index (κ2) is 13.7. The van der Waals surface area contributed by atoms with E-state index in [1.54, 1.807) is 95.6 Å². The molecule has 0 aliphatic heterocycles. The van der Waals surface area contributed by atoms with Crippen LogP contribution in [0.25, 0.3) is 72.3 Å². The average molecular weight is 801 g/mol. The van der Waals surface area contributed by atoms with E-state index in [4.69, 9.17) is 34.9 Å². The fourth-order valence-corrected chi connectivity index (χ4v) is 8.05. The topological polar surface area (TPSA) is 35.9 Å². The normalized spacial score (nSPS) is 21.7. The zero-order valence-electron chi connectivity index (χ0n) is 55.2. The number of aromatic nitrogens is 4. The summed E-state index contributed by atoms with van der Waals surface area (Å²) in [6, 6.07) is 25.0. The first kappa shape index (κ1) is 18.8. The first-order chi connectivity index (χ1) is 39.2. The van der Waals surface area contributed by atoms with Gasteiger partial charge in [-0.1, -0.05) is 155 Å². The SMILES string of the molecule is [2H]c1c([2H])c([2H])c(-c2cccc(-c3c([2H])c([2H])c([2H])c([2H])c3[2H])c2-[n+]2[c-]n(-c3cccc(Oc4ccc5c6ccccc6n(-c6cc7c(cn6)C(C([2H])([2H])[2H])(C([2H])([2H])[2H])C([2H])([2H])C7(C([2H])([2H])[2H])C([2H])([2H])[2H])c5c4)c3)c3ccccc32)c([2H])c1[2H]. The summed E-state index contributed by atoms with van der Waals surface area (Å²) in [5, 5.41) is 1.19. The molecule has 5 heteroatoms. The fourth-order valence-electron chi connectivity index (χ4n) is 8.05. The highest BCUT2D eigenvalue weighted by molar-refractivity contribution is 6.09. The molecule has 7 aromatic carbocycles. The molecule has 0 fully saturated rings. The van der Waals surface area contributed by atoms with E-state index in [-0.39, 0.29) is 45.3 Å². The van der Waals surface area contributed by atoms with Crippen LogP contribution < -0.4 is 9.30 Å². The molecule has 0 saturated heterocycles. The van der Waals surface area contributed by atoms with E-state index >= 15 is 0 Å². The van der Waals surface area contributed by atoms with Crippen molar-refractivity contribution in [3.8, 4) is 50.9 Å². The van der Waals surface area contributed by atoms with Crippen LogP contribution in [0, 0.1) is 6.33 Å². The van der Waals surface area contributed by atoms with Crippen LogP contribution in [0.2, 0.25) is 0 Å². The van der Waals surface area contributed by atoms with Gasteiger partial charge < -0.3 is 4.74 Å². The van der Waals surface area contributed by atoms with Gasteiger partial charge in [0, 0.05) is 42.2 Å². The standard InChI is InChI=1S/C55H44N4O/c1-54(2)35-55(3,4)47-34-56-52(33-46(47)54)59-48-26-12-11-23-44(48)45-30-29-41(32-51(45)59)60-40-22-15-21-39(31-40)57-36-58(50-28-14-13-27-49(50)57)53-42(37-17-7-5-8-18-37)24-16-25-43(53)38-19-9-6-10-20-38/h5-34H,35H2,1-4H3/i1D3,2D3,3D3,4D3,5D,6D,7D,8D,9D,10D,17D,18D,19D,20D,35D2. The van der Waals surface area contributed by atoms with E-state index in [0.29, 0.717) is 38.5 Å².